The van der Waals surface area contributed by atoms with E-state index in [9.17, 15) is 9.59 Å². The zero-order valence-electron chi connectivity index (χ0n) is 6.19. The zero-order chi connectivity index (χ0) is 9.72. The number of hydroxylamine groups is 2. The van der Waals surface area contributed by atoms with Gasteiger partial charge in [0, 0.05) is 12.8 Å². The van der Waals surface area contributed by atoms with Gasteiger partial charge in [-0.25, -0.2) is 4.79 Å². The van der Waals surface area contributed by atoms with Gasteiger partial charge in [-0.1, -0.05) is 0 Å². The lowest BCUT2D eigenvalue weighted by molar-refractivity contribution is -0.171. The molecule has 0 aromatic carbocycles. The molecule has 7 heteroatoms. The summed E-state index contributed by atoms with van der Waals surface area (Å²) in [7, 11) is 0. The fourth-order valence-corrected chi connectivity index (χ4v) is 0.565. The Labute approximate surface area is 67.9 Å². The molecule has 0 aliphatic carbocycles. The predicted molar refractivity (Wildman–Crippen MR) is 36.6 cm³/mol. The van der Waals surface area contributed by atoms with Crippen LogP contribution < -0.4 is 11.5 Å². The molecule has 0 atom stereocenters. The maximum atomic E-state index is 10.2. The molecule has 0 radical (unpaired) electrons. The summed E-state index contributed by atoms with van der Waals surface area (Å²) in [6.07, 6.45) is 0.296. The minimum absolute atomic E-state index is 0.148. The summed E-state index contributed by atoms with van der Waals surface area (Å²) in [5, 5.41) is 8.57. The van der Waals surface area contributed by atoms with E-state index in [0.717, 1.165) is 0 Å². The van der Waals surface area contributed by atoms with E-state index in [1.807, 2.05) is 0 Å². The molecule has 1 rings (SSSR count). The first kappa shape index (κ1) is 10.4. The highest BCUT2D eigenvalue weighted by Crippen LogP contribution is 2.06. The van der Waals surface area contributed by atoms with Crippen molar-refractivity contribution in [2.24, 2.45) is 11.5 Å². The van der Waals surface area contributed by atoms with Crippen LogP contribution in [0.2, 0.25) is 0 Å². The molecular formula is C5H9N3O4. The lowest BCUT2D eigenvalue weighted by Gasteiger charge is -1.98. The fraction of sp³-hybridized carbons (Fsp3) is 0.400. The van der Waals surface area contributed by atoms with Crippen LogP contribution in [0.1, 0.15) is 12.8 Å². The van der Waals surface area contributed by atoms with Crippen LogP contribution in [-0.4, -0.2) is 28.1 Å². The van der Waals surface area contributed by atoms with E-state index in [1.54, 1.807) is 0 Å². The minimum atomic E-state index is -0.833. The number of carbonyl (C=O) groups excluding carboxylic acids is 3. The number of primary amides is 2. The SMILES string of the molecule is NC(N)=O.O=C1CCC(=O)N1O. The first-order chi connectivity index (χ1) is 5.45. The van der Waals surface area contributed by atoms with Gasteiger partial charge in [0.1, 0.15) is 0 Å². The van der Waals surface area contributed by atoms with E-state index in [2.05, 4.69) is 11.5 Å². The smallest absolute Gasteiger partial charge is 0.309 e. The summed E-state index contributed by atoms with van der Waals surface area (Å²) in [6, 6.07) is -0.833. The second-order valence-electron chi connectivity index (χ2n) is 2.00. The van der Waals surface area contributed by atoms with Gasteiger partial charge in [0.2, 0.25) is 0 Å². The van der Waals surface area contributed by atoms with Crippen molar-refractivity contribution in [2.75, 3.05) is 0 Å². The van der Waals surface area contributed by atoms with E-state index >= 15 is 0 Å². The number of rotatable bonds is 0. The quantitative estimate of drug-likeness (QED) is 0.307. The van der Waals surface area contributed by atoms with Gasteiger partial charge >= 0.3 is 6.03 Å². The normalized spacial score (nSPS) is 15.6. The number of urea groups is 1. The maximum absolute atomic E-state index is 10.2. The Balaban J connectivity index is 0.000000261. The van der Waals surface area contributed by atoms with E-state index < -0.39 is 17.8 Å². The molecule has 1 aliphatic heterocycles. The van der Waals surface area contributed by atoms with Gasteiger partial charge in [-0.3, -0.25) is 14.8 Å². The monoisotopic (exact) mass is 175 g/mol. The summed E-state index contributed by atoms with van der Waals surface area (Å²) in [4.78, 5) is 29.5. The van der Waals surface area contributed by atoms with Crippen molar-refractivity contribution in [3.05, 3.63) is 0 Å². The van der Waals surface area contributed by atoms with Crippen molar-refractivity contribution < 1.29 is 19.6 Å². The third-order valence-electron chi connectivity index (χ3n) is 1.03. The summed E-state index contributed by atoms with van der Waals surface area (Å²) in [5.41, 5.74) is 8.50. The minimum Gasteiger partial charge on any atom is -0.352 e. The van der Waals surface area contributed by atoms with Gasteiger partial charge in [0.05, 0.1) is 0 Å². The van der Waals surface area contributed by atoms with E-state index in [4.69, 9.17) is 10.0 Å². The highest BCUT2D eigenvalue weighted by molar-refractivity contribution is 6.00. The molecule has 68 valence electrons. The standard InChI is InChI=1S/C4H5NO3.CH4N2O/c6-3-1-2-4(7)5(3)8;2-1(3)4/h8H,1-2H2;(H4,2,3,4). The molecule has 0 aromatic rings. The van der Waals surface area contributed by atoms with Crippen molar-refractivity contribution in [3.63, 3.8) is 0 Å². The van der Waals surface area contributed by atoms with Crippen molar-refractivity contribution in [2.45, 2.75) is 12.8 Å². The molecule has 12 heavy (non-hydrogen) atoms. The van der Waals surface area contributed by atoms with E-state index in [0.29, 0.717) is 0 Å². The Morgan fingerprint density at radius 3 is 1.58 bits per heavy atom. The highest BCUT2D eigenvalue weighted by Gasteiger charge is 2.26. The third kappa shape index (κ3) is 3.52. The van der Waals surface area contributed by atoms with Crippen molar-refractivity contribution in [1.29, 1.82) is 0 Å². The van der Waals surface area contributed by atoms with Gasteiger partial charge in [-0.2, -0.15) is 5.06 Å². The number of hydrogen-bond donors (Lipinski definition) is 3. The van der Waals surface area contributed by atoms with Crippen molar-refractivity contribution in [1.82, 2.24) is 5.06 Å². The second kappa shape index (κ2) is 4.29. The summed E-state index contributed by atoms with van der Waals surface area (Å²) < 4.78 is 0. The number of amides is 4. The van der Waals surface area contributed by atoms with Crippen LogP contribution in [-0.2, 0) is 9.59 Å². The molecule has 7 nitrogen and oxygen atoms in total. The molecule has 0 bridgehead atoms. The van der Waals surface area contributed by atoms with Crippen LogP contribution >= 0.6 is 0 Å². The van der Waals surface area contributed by atoms with E-state index in [1.165, 1.54) is 0 Å². The second-order valence-corrected chi connectivity index (χ2v) is 2.00. The molecule has 1 aliphatic rings. The number of nitrogens with zero attached hydrogens (tertiary/aromatic N) is 1. The molecule has 0 unspecified atom stereocenters. The maximum Gasteiger partial charge on any atom is 0.309 e. The predicted octanol–water partition coefficient (Wildman–Crippen LogP) is -1.45. The Bertz CT molecular complexity index is 195. The van der Waals surface area contributed by atoms with Crippen LogP contribution in [0.25, 0.3) is 0 Å². The van der Waals surface area contributed by atoms with Crippen LogP contribution in [0.15, 0.2) is 0 Å². The van der Waals surface area contributed by atoms with Gasteiger partial charge in [-0.05, 0) is 0 Å². The molecule has 0 aromatic heterocycles. The first-order valence-corrected chi connectivity index (χ1v) is 3.04. The Kier molecular flexibility index (Phi) is 3.71. The molecule has 5 N–H and O–H groups in total. The fourth-order valence-electron chi connectivity index (χ4n) is 0.565. The lowest BCUT2D eigenvalue weighted by Crippen LogP contribution is -2.24. The van der Waals surface area contributed by atoms with E-state index in [-0.39, 0.29) is 17.9 Å². The number of imide groups is 1. The Morgan fingerprint density at radius 2 is 1.50 bits per heavy atom. The molecule has 0 saturated carbocycles. The Morgan fingerprint density at radius 1 is 1.25 bits per heavy atom. The van der Waals surface area contributed by atoms with Gasteiger partial charge in [0.25, 0.3) is 11.8 Å². The summed E-state index contributed by atoms with van der Waals surface area (Å²) in [6.45, 7) is 0. The number of carbonyl (C=O) groups is 3. The van der Waals surface area contributed by atoms with Crippen LogP contribution in [0, 0.1) is 0 Å². The lowest BCUT2D eigenvalue weighted by atomic mass is 10.4. The topological polar surface area (TPSA) is 127 Å². The molecule has 1 fully saturated rings. The average molecular weight is 175 g/mol. The van der Waals surface area contributed by atoms with Crippen molar-refractivity contribution in [3.8, 4) is 0 Å². The number of hydrogen-bond acceptors (Lipinski definition) is 4. The van der Waals surface area contributed by atoms with Crippen LogP contribution in [0.3, 0.4) is 0 Å². The highest BCUT2D eigenvalue weighted by atomic mass is 16.5. The Hall–Kier alpha value is -1.63. The van der Waals surface area contributed by atoms with Crippen LogP contribution in [0.4, 0.5) is 4.79 Å². The molecule has 4 amide bonds. The number of nitrogens with two attached hydrogens (primary N) is 2. The molecule has 0 spiro atoms. The average Bonchev–Trinajstić information content (AvgIpc) is 2.19. The van der Waals surface area contributed by atoms with Crippen LogP contribution in [0.5, 0.6) is 0 Å². The van der Waals surface area contributed by atoms with Gasteiger partial charge in [-0.15, -0.1) is 0 Å². The largest absolute Gasteiger partial charge is 0.352 e. The summed E-state index contributed by atoms with van der Waals surface area (Å²) >= 11 is 0. The molecule has 1 heterocycles. The first-order valence-electron chi connectivity index (χ1n) is 3.04. The van der Waals surface area contributed by atoms with Gasteiger partial charge in [0.15, 0.2) is 0 Å². The zero-order valence-corrected chi connectivity index (χ0v) is 6.19. The van der Waals surface area contributed by atoms with Crippen molar-refractivity contribution >= 4 is 17.8 Å². The summed E-state index contributed by atoms with van der Waals surface area (Å²) in [5.74, 6) is -1.01. The third-order valence-corrected chi connectivity index (χ3v) is 1.03. The molecular weight excluding hydrogens is 166 g/mol. The molecule has 1 saturated heterocycles. The van der Waals surface area contributed by atoms with Gasteiger partial charge < -0.3 is 11.5 Å².